The van der Waals surface area contributed by atoms with E-state index in [0.29, 0.717) is 0 Å². The Balaban J connectivity index is 2.74. The highest BCUT2D eigenvalue weighted by Crippen LogP contribution is 2.28. The molecule has 1 rings (SSSR count). The van der Waals surface area contributed by atoms with Crippen LogP contribution in [0, 0.1) is 6.92 Å². The van der Waals surface area contributed by atoms with Crippen LogP contribution in [0.2, 0.25) is 0 Å². The minimum atomic E-state index is -0.588. The van der Waals surface area contributed by atoms with E-state index in [9.17, 15) is 4.79 Å². The Bertz CT molecular complexity index is 354. The normalized spacial score (nSPS) is 13.7. The second-order valence-electron chi connectivity index (χ2n) is 4.53. The lowest BCUT2D eigenvalue weighted by atomic mass is 10.1. The van der Waals surface area contributed by atoms with Crippen molar-refractivity contribution in [1.29, 1.82) is 0 Å². The van der Waals surface area contributed by atoms with Gasteiger partial charge in [0.15, 0.2) is 0 Å². The third-order valence-corrected chi connectivity index (χ3v) is 3.20. The zero-order valence-corrected chi connectivity index (χ0v) is 11.0. The molecule has 1 N–H and O–H groups in total. The Morgan fingerprint density at radius 2 is 2.13 bits per heavy atom. The largest absolute Gasteiger partial charge is 0.350 e. The Kier molecular flexibility index (Phi) is 3.79. The molecule has 15 heavy (non-hydrogen) atoms. The van der Waals surface area contributed by atoms with E-state index in [2.05, 4.69) is 5.32 Å². The summed E-state index contributed by atoms with van der Waals surface area (Å²) in [6, 6.07) is 1.90. The molecule has 0 aromatic carbocycles. The first-order valence-corrected chi connectivity index (χ1v) is 6.13. The number of aryl methyl sites for hydroxylation is 1. The van der Waals surface area contributed by atoms with Crippen LogP contribution in [0.4, 0.5) is 0 Å². The van der Waals surface area contributed by atoms with Crippen LogP contribution in [-0.2, 0) is 4.79 Å². The average molecular weight is 246 g/mol. The molecule has 1 heterocycles. The zero-order chi connectivity index (χ0) is 11.6. The van der Waals surface area contributed by atoms with Crippen molar-refractivity contribution in [3.8, 4) is 0 Å². The van der Waals surface area contributed by atoms with Gasteiger partial charge in [-0.25, -0.2) is 0 Å². The summed E-state index contributed by atoms with van der Waals surface area (Å²) < 4.78 is 0. The molecule has 84 valence electrons. The predicted molar refractivity (Wildman–Crippen MR) is 65.5 cm³/mol. The van der Waals surface area contributed by atoms with Crippen LogP contribution in [0.5, 0.6) is 0 Å². The zero-order valence-electron chi connectivity index (χ0n) is 9.43. The number of alkyl halides is 1. The van der Waals surface area contributed by atoms with E-state index < -0.39 is 5.38 Å². The molecular formula is C11H16ClNOS. The second-order valence-corrected chi connectivity index (χ2v) is 6.09. The van der Waals surface area contributed by atoms with Crippen LogP contribution in [0.1, 0.15) is 36.6 Å². The first-order valence-electron chi connectivity index (χ1n) is 4.81. The van der Waals surface area contributed by atoms with Crippen molar-refractivity contribution in [1.82, 2.24) is 5.32 Å². The van der Waals surface area contributed by atoms with Gasteiger partial charge in [0.05, 0.1) is 0 Å². The number of halogens is 1. The molecule has 0 fully saturated rings. The number of carbonyl (C=O) groups excluding carboxylic acids is 1. The second kappa shape index (κ2) is 4.54. The van der Waals surface area contributed by atoms with Crippen LogP contribution >= 0.6 is 22.9 Å². The molecule has 1 atom stereocenters. The summed E-state index contributed by atoms with van der Waals surface area (Å²) in [6.07, 6.45) is 0. The van der Waals surface area contributed by atoms with E-state index in [1.807, 2.05) is 39.1 Å². The number of amides is 1. The van der Waals surface area contributed by atoms with Gasteiger partial charge in [-0.1, -0.05) is 0 Å². The fraction of sp³-hybridized carbons (Fsp3) is 0.545. The van der Waals surface area contributed by atoms with Crippen LogP contribution in [0.25, 0.3) is 0 Å². The lowest BCUT2D eigenvalue weighted by molar-refractivity contribution is -0.122. The molecule has 1 unspecified atom stereocenters. The van der Waals surface area contributed by atoms with Gasteiger partial charge in [0, 0.05) is 10.4 Å². The minimum absolute atomic E-state index is 0.134. The highest BCUT2D eigenvalue weighted by atomic mass is 35.5. The van der Waals surface area contributed by atoms with E-state index in [0.717, 1.165) is 10.4 Å². The Morgan fingerprint density at radius 3 is 2.53 bits per heavy atom. The molecule has 2 nitrogen and oxygen atoms in total. The van der Waals surface area contributed by atoms with Gasteiger partial charge in [-0.2, -0.15) is 0 Å². The molecular weight excluding hydrogens is 230 g/mol. The van der Waals surface area contributed by atoms with Gasteiger partial charge in [0.2, 0.25) is 5.91 Å². The van der Waals surface area contributed by atoms with E-state index >= 15 is 0 Å². The molecule has 4 heteroatoms. The number of rotatable bonds is 2. The summed E-state index contributed by atoms with van der Waals surface area (Å²) in [5, 5.41) is 4.23. The quantitative estimate of drug-likeness (QED) is 0.797. The third kappa shape index (κ3) is 3.50. The number of hydrogen-bond acceptors (Lipinski definition) is 2. The molecule has 0 saturated heterocycles. The van der Waals surface area contributed by atoms with Gasteiger partial charge in [-0.15, -0.1) is 22.9 Å². The summed E-state index contributed by atoms with van der Waals surface area (Å²) in [7, 11) is 0. The number of carbonyl (C=O) groups is 1. The maximum atomic E-state index is 11.8. The molecule has 0 radical (unpaired) electrons. The van der Waals surface area contributed by atoms with Gasteiger partial charge >= 0.3 is 0 Å². The van der Waals surface area contributed by atoms with Crippen molar-refractivity contribution in [2.45, 2.75) is 38.6 Å². The molecule has 0 aliphatic rings. The molecule has 1 amide bonds. The third-order valence-electron chi connectivity index (χ3n) is 1.90. The molecule has 0 saturated carbocycles. The summed E-state index contributed by atoms with van der Waals surface area (Å²) in [4.78, 5) is 12.9. The van der Waals surface area contributed by atoms with Crippen molar-refractivity contribution in [3.05, 3.63) is 21.9 Å². The average Bonchev–Trinajstić information content (AvgIpc) is 2.47. The first-order chi connectivity index (χ1) is 6.81. The Hall–Kier alpha value is -0.540. The van der Waals surface area contributed by atoms with Gasteiger partial charge in [0.1, 0.15) is 5.38 Å². The Labute approximate surface area is 99.6 Å². The topological polar surface area (TPSA) is 29.1 Å². The summed E-state index contributed by atoms with van der Waals surface area (Å²) in [5.41, 5.74) is 0.664. The van der Waals surface area contributed by atoms with Crippen molar-refractivity contribution >= 4 is 28.8 Å². The number of nitrogens with one attached hydrogen (secondary N) is 1. The summed E-state index contributed by atoms with van der Waals surface area (Å²) in [5.74, 6) is -0.134. The lowest BCUT2D eigenvalue weighted by Gasteiger charge is -2.22. The first kappa shape index (κ1) is 12.5. The monoisotopic (exact) mass is 245 g/mol. The van der Waals surface area contributed by atoms with Crippen molar-refractivity contribution in [3.63, 3.8) is 0 Å². The molecule has 1 aromatic heterocycles. The SMILES string of the molecule is Cc1sccc1C(Cl)C(=O)NC(C)(C)C. The molecule has 0 bridgehead atoms. The molecule has 0 aliphatic heterocycles. The number of thiophene rings is 1. The van der Waals surface area contributed by atoms with Gasteiger partial charge in [0.25, 0.3) is 0 Å². The maximum Gasteiger partial charge on any atom is 0.243 e. The fourth-order valence-corrected chi connectivity index (χ4v) is 2.33. The summed E-state index contributed by atoms with van der Waals surface area (Å²) in [6.45, 7) is 7.79. The van der Waals surface area contributed by atoms with Gasteiger partial charge in [-0.3, -0.25) is 4.79 Å². The van der Waals surface area contributed by atoms with Gasteiger partial charge < -0.3 is 5.32 Å². The van der Waals surface area contributed by atoms with Crippen molar-refractivity contribution < 1.29 is 4.79 Å². The van der Waals surface area contributed by atoms with E-state index in [4.69, 9.17) is 11.6 Å². The fourth-order valence-electron chi connectivity index (χ4n) is 1.23. The van der Waals surface area contributed by atoms with Crippen molar-refractivity contribution in [2.24, 2.45) is 0 Å². The molecule has 1 aromatic rings. The van der Waals surface area contributed by atoms with E-state index in [-0.39, 0.29) is 11.4 Å². The van der Waals surface area contributed by atoms with Crippen LogP contribution < -0.4 is 5.32 Å². The minimum Gasteiger partial charge on any atom is -0.350 e. The Morgan fingerprint density at radius 1 is 1.53 bits per heavy atom. The predicted octanol–water partition coefficient (Wildman–Crippen LogP) is 3.25. The lowest BCUT2D eigenvalue weighted by Crippen LogP contribution is -2.42. The summed E-state index contributed by atoms with van der Waals surface area (Å²) >= 11 is 7.71. The molecule has 0 aliphatic carbocycles. The van der Waals surface area contributed by atoms with Crippen LogP contribution in [0.15, 0.2) is 11.4 Å². The van der Waals surface area contributed by atoms with E-state index in [1.165, 1.54) is 0 Å². The van der Waals surface area contributed by atoms with Crippen molar-refractivity contribution in [2.75, 3.05) is 0 Å². The standard InChI is InChI=1S/C11H16ClNOS/c1-7-8(5-6-15-7)9(12)10(14)13-11(2,3)4/h5-6,9H,1-4H3,(H,13,14). The van der Waals surface area contributed by atoms with Crippen LogP contribution in [0.3, 0.4) is 0 Å². The smallest absolute Gasteiger partial charge is 0.243 e. The van der Waals surface area contributed by atoms with Gasteiger partial charge in [-0.05, 0) is 44.7 Å². The molecule has 0 spiro atoms. The van der Waals surface area contributed by atoms with Crippen LogP contribution in [-0.4, -0.2) is 11.4 Å². The maximum absolute atomic E-state index is 11.8. The highest BCUT2D eigenvalue weighted by molar-refractivity contribution is 7.10. The number of hydrogen-bond donors (Lipinski definition) is 1. The van der Waals surface area contributed by atoms with E-state index in [1.54, 1.807) is 11.3 Å². The highest BCUT2D eigenvalue weighted by Gasteiger charge is 2.23.